The van der Waals surface area contributed by atoms with Crippen molar-refractivity contribution in [2.75, 3.05) is 17.9 Å². The van der Waals surface area contributed by atoms with Crippen LogP contribution in [0.15, 0.2) is 47.4 Å². The van der Waals surface area contributed by atoms with Crippen molar-refractivity contribution >= 4 is 21.4 Å². The highest BCUT2D eigenvalue weighted by Crippen LogP contribution is 2.32. The molecule has 0 radical (unpaired) electrons. The van der Waals surface area contributed by atoms with Gasteiger partial charge in [0.15, 0.2) is 16.4 Å². The van der Waals surface area contributed by atoms with Gasteiger partial charge in [-0.2, -0.15) is 0 Å². The molecule has 8 nitrogen and oxygen atoms in total. The lowest BCUT2D eigenvalue weighted by molar-refractivity contribution is -0.387. The zero-order valence-electron chi connectivity index (χ0n) is 13.8. The Bertz CT molecular complexity index is 867. The van der Waals surface area contributed by atoms with Crippen molar-refractivity contribution in [2.24, 2.45) is 0 Å². The third-order valence-corrected chi connectivity index (χ3v) is 4.58. The van der Waals surface area contributed by atoms with Gasteiger partial charge in [0.2, 0.25) is 0 Å². The van der Waals surface area contributed by atoms with E-state index < -0.39 is 25.5 Å². The molecule has 9 heteroatoms. The summed E-state index contributed by atoms with van der Waals surface area (Å²) in [6, 6.07) is 9.69. The summed E-state index contributed by atoms with van der Waals surface area (Å²) < 4.78 is 38.2. The van der Waals surface area contributed by atoms with Crippen molar-refractivity contribution in [1.29, 1.82) is 0 Å². The fourth-order valence-electron chi connectivity index (χ4n) is 2.16. The van der Waals surface area contributed by atoms with E-state index in [9.17, 15) is 18.5 Å². The van der Waals surface area contributed by atoms with Gasteiger partial charge < -0.3 is 9.47 Å². The van der Waals surface area contributed by atoms with E-state index in [4.69, 9.17) is 9.47 Å². The smallest absolute Gasteiger partial charge is 0.289 e. The van der Waals surface area contributed by atoms with Crippen LogP contribution in [0.2, 0.25) is 0 Å². The monoisotopic (exact) mass is 366 g/mol. The minimum atomic E-state index is -4.13. The van der Waals surface area contributed by atoms with Crippen LogP contribution < -0.4 is 14.2 Å². The molecule has 0 heterocycles. The van der Waals surface area contributed by atoms with E-state index in [0.717, 1.165) is 6.07 Å². The number of hydrogen-bond donors (Lipinski definition) is 1. The first-order valence-electron chi connectivity index (χ1n) is 7.55. The average Bonchev–Trinajstić information content (AvgIpc) is 2.57. The van der Waals surface area contributed by atoms with Crippen LogP contribution in [0.25, 0.3) is 0 Å². The fraction of sp³-hybridized carbons (Fsp3) is 0.250. The van der Waals surface area contributed by atoms with Crippen molar-refractivity contribution in [3.05, 3.63) is 52.6 Å². The summed E-state index contributed by atoms with van der Waals surface area (Å²) in [5.74, 6) is 0.866. The highest BCUT2D eigenvalue weighted by atomic mass is 32.2. The summed E-state index contributed by atoms with van der Waals surface area (Å²) in [6.07, 6.45) is 0. The molecule has 0 aliphatic carbocycles. The minimum Gasteiger partial charge on any atom is -0.490 e. The number of anilines is 1. The molecule has 1 N–H and O–H groups in total. The quantitative estimate of drug-likeness (QED) is 0.568. The first-order chi connectivity index (χ1) is 11.9. The Hall–Kier alpha value is -2.81. The molecule has 0 bridgehead atoms. The van der Waals surface area contributed by atoms with Gasteiger partial charge >= 0.3 is 0 Å². The van der Waals surface area contributed by atoms with Gasteiger partial charge in [-0.25, -0.2) is 8.42 Å². The molecule has 2 rings (SSSR count). The maximum Gasteiger partial charge on any atom is 0.289 e. The number of nitro benzene ring substituents is 1. The summed E-state index contributed by atoms with van der Waals surface area (Å²) in [7, 11) is -4.13. The molecule has 0 spiro atoms. The summed E-state index contributed by atoms with van der Waals surface area (Å²) >= 11 is 0. The molecule has 0 aliphatic rings. The van der Waals surface area contributed by atoms with Crippen LogP contribution in [0.5, 0.6) is 11.5 Å². The summed E-state index contributed by atoms with van der Waals surface area (Å²) in [5.41, 5.74) is -0.281. The summed E-state index contributed by atoms with van der Waals surface area (Å²) in [5, 5.41) is 11.1. The van der Waals surface area contributed by atoms with E-state index in [0.29, 0.717) is 24.7 Å². The Morgan fingerprint density at radius 2 is 1.68 bits per heavy atom. The number of hydrogen-bond acceptors (Lipinski definition) is 6. The molecule has 0 fully saturated rings. The van der Waals surface area contributed by atoms with Crippen molar-refractivity contribution in [1.82, 2.24) is 0 Å². The highest BCUT2D eigenvalue weighted by molar-refractivity contribution is 7.92. The van der Waals surface area contributed by atoms with Crippen LogP contribution in [0.4, 0.5) is 11.4 Å². The number of para-hydroxylation sites is 1. The number of nitro groups is 1. The molecule has 0 atom stereocenters. The molecule has 0 saturated heterocycles. The van der Waals surface area contributed by atoms with E-state index in [1.807, 2.05) is 6.92 Å². The molecular formula is C16H18N2O6S. The number of nitrogens with one attached hydrogen (secondary N) is 1. The van der Waals surface area contributed by atoms with Crippen LogP contribution in [0.1, 0.15) is 13.8 Å². The van der Waals surface area contributed by atoms with Gasteiger partial charge in [0.1, 0.15) is 0 Å². The van der Waals surface area contributed by atoms with Gasteiger partial charge in [0, 0.05) is 12.1 Å². The summed E-state index contributed by atoms with van der Waals surface area (Å²) in [6.45, 7) is 4.42. The number of sulfonamides is 1. The van der Waals surface area contributed by atoms with Crippen molar-refractivity contribution in [3.8, 4) is 11.5 Å². The van der Waals surface area contributed by atoms with Crippen LogP contribution >= 0.6 is 0 Å². The van der Waals surface area contributed by atoms with Crippen LogP contribution in [0, 0.1) is 10.1 Å². The molecule has 0 amide bonds. The van der Waals surface area contributed by atoms with Gasteiger partial charge in [-0.15, -0.1) is 0 Å². The normalized spacial score (nSPS) is 11.0. The lowest BCUT2D eigenvalue weighted by Crippen LogP contribution is -2.14. The van der Waals surface area contributed by atoms with E-state index in [2.05, 4.69) is 4.72 Å². The predicted octanol–water partition coefficient (Wildman–Crippen LogP) is 3.19. The molecule has 0 aliphatic heterocycles. The third kappa shape index (κ3) is 4.38. The molecule has 134 valence electrons. The first-order valence-corrected chi connectivity index (χ1v) is 9.03. The number of nitrogens with zero attached hydrogens (tertiary/aromatic N) is 1. The second kappa shape index (κ2) is 7.84. The van der Waals surface area contributed by atoms with Gasteiger partial charge in [-0.3, -0.25) is 14.8 Å². The minimum absolute atomic E-state index is 0.213. The van der Waals surface area contributed by atoms with Crippen molar-refractivity contribution in [2.45, 2.75) is 18.7 Å². The maximum absolute atomic E-state index is 12.5. The predicted molar refractivity (Wildman–Crippen MR) is 92.7 cm³/mol. The van der Waals surface area contributed by atoms with Crippen molar-refractivity contribution in [3.63, 3.8) is 0 Å². The zero-order chi connectivity index (χ0) is 18.4. The molecule has 0 saturated carbocycles. The van der Waals surface area contributed by atoms with Gasteiger partial charge in [-0.05, 0) is 32.0 Å². The SMILES string of the molecule is CCOc1ccc(NS(=O)(=O)c2ccccc2[N+](=O)[O-])cc1OCC. The topological polar surface area (TPSA) is 108 Å². The van der Waals surface area contributed by atoms with Crippen LogP contribution in [-0.2, 0) is 10.0 Å². The van der Waals surface area contributed by atoms with Crippen LogP contribution in [0.3, 0.4) is 0 Å². The molecular weight excluding hydrogens is 348 g/mol. The maximum atomic E-state index is 12.5. The Morgan fingerprint density at radius 1 is 1.04 bits per heavy atom. The second-order valence-corrected chi connectivity index (χ2v) is 6.51. The first kappa shape index (κ1) is 18.5. The van der Waals surface area contributed by atoms with Crippen LogP contribution in [-0.4, -0.2) is 26.6 Å². The number of rotatable bonds is 8. The van der Waals surface area contributed by atoms with E-state index in [1.54, 1.807) is 13.0 Å². The molecule has 2 aromatic carbocycles. The lowest BCUT2D eigenvalue weighted by atomic mass is 10.3. The molecule has 0 unspecified atom stereocenters. The molecule has 25 heavy (non-hydrogen) atoms. The van der Waals surface area contributed by atoms with Gasteiger partial charge in [0.05, 0.1) is 23.8 Å². The fourth-order valence-corrected chi connectivity index (χ4v) is 3.38. The van der Waals surface area contributed by atoms with Gasteiger partial charge in [-0.1, -0.05) is 12.1 Å². The largest absolute Gasteiger partial charge is 0.490 e. The average molecular weight is 366 g/mol. The standard InChI is InChI=1S/C16H18N2O6S/c1-3-23-14-10-9-12(11-15(14)24-4-2)17-25(21,22)16-8-6-5-7-13(16)18(19)20/h5-11,17H,3-4H2,1-2H3. The number of ether oxygens (including phenoxy) is 2. The van der Waals surface area contributed by atoms with E-state index in [1.165, 1.54) is 30.3 Å². The summed E-state index contributed by atoms with van der Waals surface area (Å²) in [4.78, 5) is 9.91. The highest BCUT2D eigenvalue weighted by Gasteiger charge is 2.25. The van der Waals surface area contributed by atoms with Gasteiger partial charge in [0.25, 0.3) is 15.7 Å². The Balaban J connectivity index is 2.38. The molecule has 0 aromatic heterocycles. The Kier molecular flexibility index (Phi) is 5.81. The lowest BCUT2D eigenvalue weighted by Gasteiger charge is -2.13. The molecule has 2 aromatic rings. The third-order valence-electron chi connectivity index (χ3n) is 3.15. The van der Waals surface area contributed by atoms with E-state index in [-0.39, 0.29) is 5.69 Å². The Morgan fingerprint density at radius 3 is 2.32 bits per heavy atom. The number of benzene rings is 2. The zero-order valence-corrected chi connectivity index (χ0v) is 14.6. The second-order valence-electron chi connectivity index (χ2n) is 4.86. The Labute approximate surface area is 145 Å². The van der Waals surface area contributed by atoms with E-state index >= 15 is 0 Å². The van der Waals surface area contributed by atoms with Crippen molar-refractivity contribution < 1.29 is 22.8 Å².